The Labute approximate surface area is 133 Å². The van der Waals surface area contributed by atoms with Gasteiger partial charge in [0.05, 0.1) is 10.0 Å². The first-order chi connectivity index (χ1) is 9.63. The Morgan fingerprint density at radius 2 is 1.75 bits per heavy atom. The molecule has 0 fully saturated rings. The predicted molar refractivity (Wildman–Crippen MR) is 83.0 cm³/mol. The van der Waals surface area contributed by atoms with E-state index >= 15 is 0 Å². The Balaban J connectivity index is 1.90. The van der Waals surface area contributed by atoms with Crippen LogP contribution in [0, 0.1) is 0 Å². The summed E-state index contributed by atoms with van der Waals surface area (Å²) in [5.74, 6) is 0.744. The Kier molecular flexibility index (Phi) is 4.16. The number of hydrogen-bond donors (Lipinski definition) is 0. The zero-order chi connectivity index (χ0) is 14.1. The molecule has 0 spiro atoms. The fourth-order valence-corrected chi connectivity index (χ4v) is 3.13. The van der Waals surface area contributed by atoms with E-state index in [4.69, 9.17) is 34.8 Å². The first-order valence-electron chi connectivity index (χ1n) is 6.61. The van der Waals surface area contributed by atoms with Crippen LogP contribution in [0.3, 0.4) is 0 Å². The Bertz CT molecular complexity index is 656. The fourth-order valence-electron chi connectivity index (χ4n) is 2.51. The van der Waals surface area contributed by atoms with Crippen molar-refractivity contribution >= 4 is 34.8 Å². The van der Waals surface area contributed by atoms with Crippen LogP contribution in [0.4, 0.5) is 0 Å². The molecule has 104 valence electrons. The standard InChI is InChI=1S/C15H13Cl3N2/c16-11-6-5-9(7-12(11)17)8-14-19-13-4-2-1-3-10(13)15(18)20-14/h5-7H,1-4,8H2. The van der Waals surface area contributed by atoms with Crippen molar-refractivity contribution in [1.82, 2.24) is 9.97 Å². The molecule has 0 saturated carbocycles. The third-order valence-corrected chi connectivity index (χ3v) is 4.58. The molecule has 0 N–H and O–H groups in total. The van der Waals surface area contributed by atoms with E-state index in [9.17, 15) is 0 Å². The van der Waals surface area contributed by atoms with Crippen molar-refractivity contribution in [1.29, 1.82) is 0 Å². The lowest BCUT2D eigenvalue weighted by atomic mass is 9.97. The van der Waals surface area contributed by atoms with Gasteiger partial charge < -0.3 is 0 Å². The Morgan fingerprint density at radius 3 is 2.55 bits per heavy atom. The zero-order valence-corrected chi connectivity index (χ0v) is 13.1. The predicted octanol–water partition coefficient (Wildman–Crippen LogP) is 4.91. The minimum absolute atomic E-state index is 0.549. The maximum Gasteiger partial charge on any atom is 0.136 e. The molecule has 1 aliphatic rings. The van der Waals surface area contributed by atoms with Crippen molar-refractivity contribution in [2.75, 3.05) is 0 Å². The largest absolute Gasteiger partial charge is 0.237 e. The Hall–Kier alpha value is -0.830. The zero-order valence-electron chi connectivity index (χ0n) is 10.8. The van der Waals surface area contributed by atoms with Crippen LogP contribution in [0.2, 0.25) is 15.2 Å². The van der Waals surface area contributed by atoms with Gasteiger partial charge in [-0.15, -0.1) is 0 Å². The van der Waals surface area contributed by atoms with Gasteiger partial charge in [-0.3, -0.25) is 0 Å². The Morgan fingerprint density at radius 1 is 0.950 bits per heavy atom. The molecule has 1 aromatic heterocycles. The van der Waals surface area contributed by atoms with Gasteiger partial charge >= 0.3 is 0 Å². The van der Waals surface area contributed by atoms with E-state index in [2.05, 4.69) is 9.97 Å². The third-order valence-electron chi connectivity index (χ3n) is 3.53. The van der Waals surface area contributed by atoms with Gasteiger partial charge in [-0.2, -0.15) is 0 Å². The second-order valence-electron chi connectivity index (χ2n) is 4.99. The lowest BCUT2D eigenvalue weighted by Gasteiger charge is -2.16. The van der Waals surface area contributed by atoms with Gasteiger partial charge in [0.1, 0.15) is 11.0 Å². The van der Waals surface area contributed by atoms with Crippen molar-refractivity contribution in [3.63, 3.8) is 0 Å². The van der Waals surface area contributed by atoms with Crippen LogP contribution in [0.25, 0.3) is 0 Å². The second kappa shape index (κ2) is 5.88. The summed E-state index contributed by atoms with van der Waals surface area (Å²) in [5, 5.41) is 1.71. The minimum Gasteiger partial charge on any atom is -0.237 e. The molecule has 0 saturated heterocycles. The highest BCUT2D eigenvalue weighted by Gasteiger charge is 2.16. The number of nitrogens with zero attached hydrogens (tertiary/aromatic N) is 2. The molecular weight excluding hydrogens is 315 g/mol. The number of aryl methyl sites for hydroxylation is 1. The molecule has 0 bridgehead atoms. The molecular formula is C15H13Cl3N2. The smallest absolute Gasteiger partial charge is 0.136 e. The maximum atomic E-state index is 6.27. The van der Waals surface area contributed by atoms with Crippen molar-refractivity contribution < 1.29 is 0 Å². The molecule has 3 rings (SSSR count). The van der Waals surface area contributed by atoms with E-state index in [-0.39, 0.29) is 0 Å². The van der Waals surface area contributed by atoms with E-state index in [1.165, 1.54) is 12.8 Å². The van der Waals surface area contributed by atoms with Crippen molar-refractivity contribution in [3.05, 3.63) is 56.0 Å². The van der Waals surface area contributed by atoms with Crippen LogP contribution < -0.4 is 0 Å². The van der Waals surface area contributed by atoms with Gasteiger partial charge in [0.15, 0.2) is 0 Å². The average molecular weight is 328 g/mol. The molecule has 2 aromatic rings. The van der Waals surface area contributed by atoms with Crippen molar-refractivity contribution in [2.45, 2.75) is 32.1 Å². The summed E-state index contributed by atoms with van der Waals surface area (Å²) < 4.78 is 0. The quantitative estimate of drug-likeness (QED) is 0.733. The summed E-state index contributed by atoms with van der Waals surface area (Å²) in [7, 11) is 0. The summed E-state index contributed by atoms with van der Waals surface area (Å²) in [6.45, 7) is 0. The monoisotopic (exact) mass is 326 g/mol. The number of benzene rings is 1. The van der Waals surface area contributed by atoms with Gasteiger partial charge in [0.2, 0.25) is 0 Å². The molecule has 0 unspecified atom stereocenters. The van der Waals surface area contributed by atoms with E-state index in [0.717, 1.165) is 35.5 Å². The lowest BCUT2D eigenvalue weighted by molar-refractivity contribution is 0.656. The number of halogens is 3. The van der Waals surface area contributed by atoms with Gasteiger partial charge in [0, 0.05) is 17.7 Å². The maximum absolute atomic E-state index is 6.27. The fraction of sp³-hybridized carbons (Fsp3) is 0.333. The molecule has 1 heterocycles. The average Bonchev–Trinajstić information content (AvgIpc) is 2.43. The van der Waals surface area contributed by atoms with Crippen LogP contribution in [0.15, 0.2) is 18.2 Å². The molecule has 0 radical (unpaired) electrons. The van der Waals surface area contributed by atoms with Gasteiger partial charge in [0.25, 0.3) is 0 Å². The summed E-state index contributed by atoms with van der Waals surface area (Å²) in [4.78, 5) is 9.06. The van der Waals surface area contributed by atoms with E-state index < -0.39 is 0 Å². The normalized spacial score (nSPS) is 14.2. The van der Waals surface area contributed by atoms with Crippen LogP contribution in [0.5, 0.6) is 0 Å². The highest BCUT2D eigenvalue weighted by molar-refractivity contribution is 6.42. The van der Waals surface area contributed by atoms with Gasteiger partial charge in [-0.25, -0.2) is 9.97 Å². The molecule has 5 heteroatoms. The summed E-state index contributed by atoms with van der Waals surface area (Å²) in [6, 6.07) is 5.57. The molecule has 1 aliphatic carbocycles. The van der Waals surface area contributed by atoms with E-state index in [1.54, 1.807) is 6.07 Å². The topological polar surface area (TPSA) is 25.8 Å². The molecule has 20 heavy (non-hydrogen) atoms. The van der Waals surface area contributed by atoms with E-state index in [1.807, 2.05) is 12.1 Å². The lowest BCUT2D eigenvalue weighted by Crippen LogP contribution is -2.10. The molecule has 0 atom stereocenters. The highest BCUT2D eigenvalue weighted by Crippen LogP contribution is 2.27. The second-order valence-corrected chi connectivity index (χ2v) is 6.16. The van der Waals surface area contributed by atoms with Crippen LogP contribution in [-0.2, 0) is 19.3 Å². The first-order valence-corrected chi connectivity index (χ1v) is 7.75. The van der Waals surface area contributed by atoms with Gasteiger partial charge in [-0.1, -0.05) is 40.9 Å². The van der Waals surface area contributed by atoms with Gasteiger partial charge in [-0.05, 0) is 43.4 Å². The van der Waals surface area contributed by atoms with E-state index in [0.29, 0.717) is 21.6 Å². The molecule has 0 amide bonds. The number of rotatable bonds is 2. The first kappa shape index (κ1) is 14.1. The molecule has 2 nitrogen and oxygen atoms in total. The number of aromatic nitrogens is 2. The highest BCUT2D eigenvalue weighted by atomic mass is 35.5. The van der Waals surface area contributed by atoms with Crippen LogP contribution >= 0.6 is 34.8 Å². The number of hydrogen-bond acceptors (Lipinski definition) is 2. The van der Waals surface area contributed by atoms with Crippen LogP contribution in [0.1, 0.15) is 35.5 Å². The molecule has 1 aromatic carbocycles. The number of fused-ring (bicyclic) bond motifs is 1. The van der Waals surface area contributed by atoms with Crippen molar-refractivity contribution in [2.24, 2.45) is 0 Å². The third kappa shape index (κ3) is 2.93. The minimum atomic E-state index is 0.549. The summed E-state index contributed by atoms with van der Waals surface area (Å²) in [6.07, 6.45) is 4.94. The summed E-state index contributed by atoms with van der Waals surface area (Å²) >= 11 is 18.2. The summed E-state index contributed by atoms with van der Waals surface area (Å²) in [5.41, 5.74) is 3.26. The molecule has 0 aliphatic heterocycles. The van der Waals surface area contributed by atoms with Crippen LogP contribution in [-0.4, -0.2) is 9.97 Å². The van der Waals surface area contributed by atoms with Crippen molar-refractivity contribution in [3.8, 4) is 0 Å². The SMILES string of the molecule is Clc1ccc(Cc2nc(Cl)c3c(n2)CCCC3)cc1Cl.